The Balaban J connectivity index is 2.87. The van der Waals surface area contributed by atoms with E-state index in [0.717, 1.165) is 4.47 Å². The second kappa shape index (κ2) is 7.54. The van der Waals surface area contributed by atoms with Gasteiger partial charge in [0.2, 0.25) is 0 Å². The monoisotopic (exact) mass is 356 g/mol. The molecule has 0 unspecified atom stereocenters. The highest BCUT2D eigenvalue weighted by Crippen LogP contribution is 2.22. The van der Waals surface area contributed by atoms with Crippen LogP contribution in [0.4, 0.5) is 0 Å². The van der Waals surface area contributed by atoms with Gasteiger partial charge in [-0.05, 0) is 41.8 Å². The molecule has 0 aliphatic rings. The molecule has 0 spiro atoms. The molecule has 1 atom stereocenters. The van der Waals surface area contributed by atoms with Crippen LogP contribution in [-0.2, 0) is 9.53 Å². The molecule has 0 aliphatic heterocycles. The molecular formula is C15H21BrN2O3. The zero-order valence-corrected chi connectivity index (χ0v) is 14.4. The first kappa shape index (κ1) is 17.6. The van der Waals surface area contributed by atoms with Gasteiger partial charge in [0.1, 0.15) is 0 Å². The lowest BCUT2D eigenvalue weighted by atomic mass is 9.85. The molecule has 116 valence electrons. The zero-order valence-electron chi connectivity index (χ0n) is 12.8. The van der Waals surface area contributed by atoms with Crippen molar-refractivity contribution in [3.63, 3.8) is 0 Å². The summed E-state index contributed by atoms with van der Waals surface area (Å²) in [5, 5.41) is 2.93. The number of halogens is 1. The molecule has 1 amide bonds. The van der Waals surface area contributed by atoms with E-state index < -0.39 is 5.54 Å². The third-order valence-electron chi connectivity index (χ3n) is 3.46. The minimum absolute atomic E-state index is 0.0750. The lowest BCUT2D eigenvalue weighted by Crippen LogP contribution is -2.51. The van der Waals surface area contributed by atoms with Gasteiger partial charge in [-0.3, -0.25) is 14.6 Å². The Morgan fingerprint density at radius 2 is 2.10 bits per heavy atom. The molecule has 1 N–H and O–H groups in total. The summed E-state index contributed by atoms with van der Waals surface area (Å²) in [6.07, 6.45) is 3.23. The van der Waals surface area contributed by atoms with Gasteiger partial charge < -0.3 is 10.1 Å². The number of hydrogen-bond acceptors (Lipinski definition) is 4. The first-order chi connectivity index (χ1) is 9.78. The topological polar surface area (TPSA) is 68.3 Å². The zero-order chi connectivity index (χ0) is 16.0. The number of carbonyl (C=O) groups is 2. The summed E-state index contributed by atoms with van der Waals surface area (Å²) in [5.74, 6) is -0.503. The van der Waals surface area contributed by atoms with Gasteiger partial charge in [0.15, 0.2) is 0 Å². The molecule has 0 saturated carbocycles. The summed E-state index contributed by atoms with van der Waals surface area (Å²) in [4.78, 5) is 28.0. The Morgan fingerprint density at radius 1 is 1.43 bits per heavy atom. The molecule has 0 bridgehead atoms. The maximum Gasteiger partial charge on any atom is 0.308 e. The van der Waals surface area contributed by atoms with Crippen LogP contribution in [0.1, 0.15) is 44.5 Å². The van der Waals surface area contributed by atoms with E-state index in [1.165, 1.54) is 6.20 Å². The van der Waals surface area contributed by atoms with E-state index >= 15 is 0 Å². The molecule has 1 aromatic heterocycles. The number of pyridine rings is 1. The maximum atomic E-state index is 12.3. The van der Waals surface area contributed by atoms with E-state index in [1.54, 1.807) is 19.2 Å². The van der Waals surface area contributed by atoms with Crippen LogP contribution < -0.4 is 5.32 Å². The van der Waals surface area contributed by atoms with Crippen LogP contribution in [0.25, 0.3) is 0 Å². The normalized spacial score (nSPS) is 13.6. The fourth-order valence-electron chi connectivity index (χ4n) is 1.77. The predicted molar refractivity (Wildman–Crippen MR) is 83.9 cm³/mol. The quantitative estimate of drug-likeness (QED) is 0.795. The van der Waals surface area contributed by atoms with Gasteiger partial charge in [0, 0.05) is 16.9 Å². The molecule has 1 rings (SSSR count). The third-order valence-corrected chi connectivity index (χ3v) is 3.89. The number of carbonyl (C=O) groups excluding carboxylic acids is 2. The van der Waals surface area contributed by atoms with Crippen molar-refractivity contribution in [3.05, 3.63) is 28.5 Å². The van der Waals surface area contributed by atoms with Crippen LogP contribution in [0.15, 0.2) is 22.9 Å². The van der Waals surface area contributed by atoms with Gasteiger partial charge in [-0.25, -0.2) is 0 Å². The smallest absolute Gasteiger partial charge is 0.308 e. The highest BCUT2D eigenvalue weighted by molar-refractivity contribution is 9.10. The average molecular weight is 357 g/mol. The summed E-state index contributed by atoms with van der Waals surface area (Å²) in [6.45, 7) is 7.85. The Morgan fingerprint density at radius 3 is 2.62 bits per heavy atom. The minimum atomic E-state index is -0.675. The predicted octanol–water partition coefficient (Wildman–Crippen LogP) is 2.94. The lowest BCUT2D eigenvalue weighted by molar-refractivity contribution is -0.145. The third kappa shape index (κ3) is 5.12. The van der Waals surface area contributed by atoms with Crippen molar-refractivity contribution in [3.8, 4) is 0 Å². The molecule has 0 saturated heterocycles. The Hall–Kier alpha value is -1.43. The van der Waals surface area contributed by atoms with Crippen molar-refractivity contribution in [1.29, 1.82) is 0 Å². The van der Waals surface area contributed by atoms with Gasteiger partial charge in [-0.2, -0.15) is 0 Å². The molecule has 0 radical (unpaired) electrons. The van der Waals surface area contributed by atoms with E-state index in [-0.39, 0.29) is 24.2 Å². The van der Waals surface area contributed by atoms with Gasteiger partial charge in [0.05, 0.1) is 24.1 Å². The highest BCUT2D eigenvalue weighted by Gasteiger charge is 2.33. The number of ether oxygens (including phenoxy) is 1. The van der Waals surface area contributed by atoms with Crippen molar-refractivity contribution >= 4 is 27.8 Å². The van der Waals surface area contributed by atoms with Crippen LogP contribution >= 0.6 is 15.9 Å². The van der Waals surface area contributed by atoms with Gasteiger partial charge in [0.25, 0.3) is 5.91 Å². The van der Waals surface area contributed by atoms with E-state index in [1.807, 2.05) is 20.8 Å². The number of hydrogen-bond donors (Lipinski definition) is 1. The molecule has 0 fully saturated rings. The molecule has 0 aliphatic carbocycles. The lowest BCUT2D eigenvalue weighted by Gasteiger charge is -2.34. The first-order valence-electron chi connectivity index (χ1n) is 6.87. The first-order valence-corrected chi connectivity index (χ1v) is 7.66. The second-order valence-corrected chi connectivity index (χ2v) is 6.32. The molecule has 21 heavy (non-hydrogen) atoms. The van der Waals surface area contributed by atoms with E-state index in [4.69, 9.17) is 4.74 Å². The maximum absolute atomic E-state index is 12.3. The summed E-state index contributed by atoms with van der Waals surface area (Å²) in [7, 11) is 0. The molecule has 1 heterocycles. The molecular weight excluding hydrogens is 336 g/mol. The Bertz CT molecular complexity index is 519. The summed E-state index contributed by atoms with van der Waals surface area (Å²) < 4.78 is 5.71. The van der Waals surface area contributed by atoms with Crippen LogP contribution in [0.2, 0.25) is 0 Å². The standard InChI is InChI=1S/C15H21BrN2O3/c1-5-21-13(19)7-15(4,10(2)3)18-14(20)11-6-12(16)9-17-8-11/h6,8-10H,5,7H2,1-4H3,(H,18,20)/t15-/m0/s1. The SMILES string of the molecule is CCOC(=O)C[C@](C)(NC(=O)c1cncc(Br)c1)C(C)C. The van der Waals surface area contributed by atoms with Crippen molar-refractivity contribution in [2.24, 2.45) is 5.92 Å². The number of esters is 1. The van der Waals surface area contributed by atoms with Crippen LogP contribution in [0.3, 0.4) is 0 Å². The van der Waals surface area contributed by atoms with E-state index in [0.29, 0.717) is 12.2 Å². The number of rotatable bonds is 6. The van der Waals surface area contributed by atoms with E-state index in [9.17, 15) is 9.59 Å². The Labute approximate surface area is 133 Å². The number of nitrogens with one attached hydrogen (secondary N) is 1. The fourth-order valence-corrected chi connectivity index (χ4v) is 2.14. The highest BCUT2D eigenvalue weighted by atomic mass is 79.9. The summed E-state index contributed by atoms with van der Waals surface area (Å²) >= 11 is 3.28. The number of aromatic nitrogens is 1. The largest absolute Gasteiger partial charge is 0.466 e. The van der Waals surface area contributed by atoms with E-state index in [2.05, 4.69) is 26.2 Å². The molecule has 0 aromatic carbocycles. The van der Waals surface area contributed by atoms with Crippen molar-refractivity contribution in [1.82, 2.24) is 10.3 Å². The Kier molecular flexibility index (Phi) is 6.33. The number of nitrogens with zero attached hydrogens (tertiary/aromatic N) is 1. The van der Waals surface area contributed by atoms with Crippen LogP contribution in [-0.4, -0.2) is 29.0 Å². The van der Waals surface area contributed by atoms with Crippen molar-refractivity contribution in [2.75, 3.05) is 6.61 Å². The fraction of sp³-hybridized carbons (Fsp3) is 0.533. The summed E-state index contributed by atoms with van der Waals surface area (Å²) in [5.41, 5.74) is -0.230. The van der Waals surface area contributed by atoms with Crippen LogP contribution in [0, 0.1) is 5.92 Å². The second-order valence-electron chi connectivity index (χ2n) is 5.40. The number of amides is 1. The van der Waals surface area contributed by atoms with Crippen molar-refractivity contribution in [2.45, 2.75) is 39.7 Å². The summed E-state index contributed by atoms with van der Waals surface area (Å²) in [6, 6.07) is 1.69. The van der Waals surface area contributed by atoms with Crippen molar-refractivity contribution < 1.29 is 14.3 Å². The molecule has 6 heteroatoms. The molecule has 5 nitrogen and oxygen atoms in total. The van der Waals surface area contributed by atoms with Gasteiger partial charge in [-0.15, -0.1) is 0 Å². The molecule has 1 aromatic rings. The minimum Gasteiger partial charge on any atom is -0.466 e. The van der Waals surface area contributed by atoms with Gasteiger partial charge in [-0.1, -0.05) is 13.8 Å². The average Bonchev–Trinajstić information content (AvgIpc) is 2.38. The van der Waals surface area contributed by atoms with Crippen LogP contribution in [0.5, 0.6) is 0 Å². The van der Waals surface area contributed by atoms with Gasteiger partial charge >= 0.3 is 5.97 Å².